The second-order valence-corrected chi connectivity index (χ2v) is 3.84. The van der Waals surface area contributed by atoms with Gasteiger partial charge in [0.15, 0.2) is 0 Å². The van der Waals surface area contributed by atoms with Crippen molar-refractivity contribution in [2.75, 3.05) is 25.1 Å². The fourth-order valence-electron chi connectivity index (χ4n) is 0.229. The topological polar surface area (TPSA) is 3.24 Å². The average Bonchev–Trinajstić information content (AvgIpc) is 1.61. The maximum absolute atomic E-state index is 3.84. The third-order valence-corrected chi connectivity index (χ3v) is 1.91. The SMILES string of the molecule is C=ICCN(C)C. The third kappa shape index (κ3) is 6.56. The Balaban J connectivity index is 2.81. The van der Waals surface area contributed by atoms with Crippen LogP contribution in [0.2, 0.25) is 0 Å². The van der Waals surface area contributed by atoms with E-state index in [0.717, 1.165) is 0 Å². The fraction of sp³-hybridized carbons (Fsp3) is 0.800. The van der Waals surface area contributed by atoms with Gasteiger partial charge in [-0.3, -0.25) is 0 Å². The molecule has 0 aliphatic carbocycles. The maximum atomic E-state index is 3.84. The first kappa shape index (κ1) is 7.56. The van der Waals surface area contributed by atoms with Gasteiger partial charge in [-0.1, -0.05) is 4.51 Å². The predicted molar refractivity (Wildman–Crippen MR) is 44.6 cm³/mol. The zero-order chi connectivity index (χ0) is 5.70. The highest BCUT2D eigenvalue weighted by Gasteiger charge is 1.81. The molecule has 0 atom stereocenters. The zero-order valence-electron chi connectivity index (χ0n) is 4.95. The number of alkyl halides is 1. The smallest absolute Gasteiger partial charge is 0.00702 e. The molecule has 0 fully saturated rings. The normalized spacial score (nSPS) is 10.1. The molecule has 0 bridgehead atoms. The molecule has 44 valence electrons. The van der Waals surface area contributed by atoms with E-state index >= 15 is 0 Å². The van der Waals surface area contributed by atoms with Gasteiger partial charge in [0.1, 0.15) is 0 Å². The van der Waals surface area contributed by atoms with Gasteiger partial charge >= 0.3 is 0 Å². The Morgan fingerprint density at radius 2 is 2.14 bits per heavy atom. The summed E-state index contributed by atoms with van der Waals surface area (Å²) in [5.74, 6) is 0. The standard InChI is InChI=1S/C5H12IN/c1-6-4-5-7(2)3/h1,4-5H2,2-3H3. The lowest BCUT2D eigenvalue weighted by Crippen LogP contribution is -2.13. The molecule has 0 amide bonds. The van der Waals surface area contributed by atoms with E-state index in [1.807, 2.05) is 0 Å². The van der Waals surface area contributed by atoms with Crippen molar-refractivity contribution in [3.8, 4) is 0 Å². The van der Waals surface area contributed by atoms with Gasteiger partial charge in [0, 0.05) is 11.0 Å². The highest BCUT2D eigenvalue weighted by molar-refractivity contribution is 14.2. The first-order valence-corrected chi connectivity index (χ1v) is 5.30. The van der Waals surface area contributed by atoms with Crippen molar-refractivity contribution in [1.29, 1.82) is 0 Å². The Labute approximate surface area is 55.5 Å². The zero-order valence-corrected chi connectivity index (χ0v) is 7.10. The van der Waals surface area contributed by atoms with Crippen LogP contribution in [0.4, 0.5) is 0 Å². The summed E-state index contributed by atoms with van der Waals surface area (Å²) in [5, 5.41) is 0. The highest BCUT2D eigenvalue weighted by Crippen LogP contribution is 1.89. The van der Waals surface area contributed by atoms with Crippen LogP contribution in [0.3, 0.4) is 0 Å². The lowest BCUT2D eigenvalue weighted by atomic mass is 10.7. The summed E-state index contributed by atoms with van der Waals surface area (Å²) in [7, 11) is 4.19. The lowest BCUT2D eigenvalue weighted by molar-refractivity contribution is 0.440. The first-order chi connectivity index (χ1) is 3.27. The molecule has 0 saturated carbocycles. The van der Waals surface area contributed by atoms with Crippen LogP contribution in [0.25, 0.3) is 0 Å². The molecule has 0 unspecified atom stereocenters. The average molecular weight is 213 g/mol. The van der Waals surface area contributed by atoms with E-state index in [1.165, 1.54) is 11.0 Å². The van der Waals surface area contributed by atoms with Crippen LogP contribution in [0.5, 0.6) is 0 Å². The van der Waals surface area contributed by atoms with Gasteiger partial charge in [0.25, 0.3) is 0 Å². The van der Waals surface area contributed by atoms with E-state index in [4.69, 9.17) is 0 Å². The van der Waals surface area contributed by atoms with Crippen LogP contribution in [0, 0.1) is 0 Å². The Hall–Kier alpha value is 0.560. The Morgan fingerprint density at radius 1 is 1.57 bits per heavy atom. The molecular formula is C5H12IN. The molecule has 0 aromatic heterocycles. The van der Waals surface area contributed by atoms with Crippen molar-refractivity contribution in [3.63, 3.8) is 0 Å². The van der Waals surface area contributed by atoms with Crippen LogP contribution in [-0.2, 0) is 0 Å². The van der Waals surface area contributed by atoms with Gasteiger partial charge in [-0.2, -0.15) is 0 Å². The second kappa shape index (κ2) is 4.71. The van der Waals surface area contributed by atoms with Gasteiger partial charge in [-0.05, 0) is 14.1 Å². The molecule has 2 heteroatoms. The molecule has 0 aromatic rings. The Morgan fingerprint density at radius 3 is 2.29 bits per heavy atom. The van der Waals surface area contributed by atoms with E-state index < -0.39 is 0 Å². The predicted octanol–water partition coefficient (Wildman–Crippen LogP) is 0.951. The van der Waals surface area contributed by atoms with Crippen LogP contribution in [0.1, 0.15) is 0 Å². The molecular weight excluding hydrogens is 201 g/mol. The van der Waals surface area contributed by atoms with Crippen molar-refractivity contribution >= 4 is 25.2 Å². The molecule has 0 aliphatic rings. The molecule has 7 heavy (non-hydrogen) atoms. The molecule has 0 spiro atoms. The van der Waals surface area contributed by atoms with Gasteiger partial charge in [0.2, 0.25) is 0 Å². The van der Waals surface area contributed by atoms with Gasteiger partial charge in [-0.15, -0.1) is 20.7 Å². The molecule has 0 N–H and O–H groups in total. The fourth-order valence-corrected chi connectivity index (χ4v) is 1.53. The third-order valence-electron chi connectivity index (χ3n) is 0.665. The number of hydrogen-bond acceptors (Lipinski definition) is 1. The van der Waals surface area contributed by atoms with E-state index in [1.54, 1.807) is 0 Å². The second-order valence-electron chi connectivity index (χ2n) is 1.68. The summed E-state index contributed by atoms with van der Waals surface area (Å²) < 4.78 is 5.17. The Bertz CT molecular complexity index is 52.0. The van der Waals surface area contributed by atoms with Crippen molar-refractivity contribution in [2.24, 2.45) is 0 Å². The molecule has 0 heterocycles. The summed E-state index contributed by atoms with van der Waals surface area (Å²) in [6.45, 7) is 1.22. The maximum Gasteiger partial charge on any atom is 0.00702 e. The summed E-state index contributed by atoms with van der Waals surface area (Å²) >= 11 is 0.282. The summed E-state index contributed by atoms with van der Waals surface area (Å²) in [6, 6.07) is 0. The number of hydrogen-bond donors (Lipinski definition) is 0. The molecule has 0 rings (SSSR count). The van der Waals surface area contributed by atoms with E-state index in [9.17, 15) is 0 Å². The largest absolute Gasteiger partial charge is 0.309 e. The van der Waals surface area contributed by atoms with Crippen molar-refractivity contribution in [2.45, 2.75) is 0 Å². The summed E-state index contributed by atoms with van der Waals surface area (Å²) in [6.07, 6.45) is 0. The minimum absolute atomic E-state index is 0.282. The van der Waals surface area contributed by atoms with E-state index in [2.05, 4.69) is 23.5 Å². The molecule has 0 saturated heterocycles. The van der Waals surface area contributed by atoms with Crippen molar-refractivity contribution in [3.05, 3.63) is 0 Å². The quantitative estimate of drug-likeness (QED) is 0.498. The monoisotopic (exact) mass is 213 g/mol. The van der Waals surface area contributed by atoms with Gasteiger partial charge < -0.3 is 4.90 Å². The number of nitrogens with zero attached hydrogens (tertiary/aromatic N) is 1. The van der Waals surface area contributed by atoms with Crippen LogP contribution < -0.4 is 0 Å². The molecule has 0 aromatic carbocycles. The summed E-state index contributed by atoms with van der Waals surface area (Å²) in [5.41, 5.74) is 0. The van der Waals surface area contributed by atoms with E-state index in [-0.39, 0.29) is 20.7 Å². The van der Waals surface area contributed by atoms with Gasteiger partial charge in [0.05, 0.1) is 0 Å². The molecule has 0 aliphatic heterocycles. The first-order valence-electron chi connectivity index (χ1n) is 2.25. The Kier molecular flexibility index (Phi) is 5.09. The summed E-state index contributed by atoms with van der Waals surface area (Å²) in [4.78, 5) is 2.20. The number of halogens is 1. The molecule has 0 radical (unpaired) electrons. The van der Waals surface area contributed by atoms with Gasteiger partial charge in [-0.25, -0.2) is 0 Å². The minimum Gasteiger partial charge on any atom is -0.309 e. The lowest BCUT2D eigenvalue weighted by Gasteiger charge is -2.04. The van der Waals surface area contributed by atoms with Crippen LogP contribution in [0.15, 0.2) is 0 Å². The van der Waals surface area contributed by atoms with Crippen LogP contribution in [-0.4, -0.2) is 34.5 Å². The van der Waals surface area contributed by atoms with Crippen LogP contribution >= 0.6 is 20.7 Å². The van der Waals surface area contributed by atoms with Crippen molar-refractivity contribution < 1.29 is 0 Å². The van der Waals surface area contributed by atoms with E-state index in [0.29, 0.717) is 0 Å². The highest BCUT2D eigenvalue weighted by atomic mass is 127. The van der Waals surface area contributed by atoms with Crippen molar-refractivity contribution in [1.82, 2.24) is 4.90 Å². The molecule has 1 nitrogen and oxygen atoms in total. The number of rotatable bonds is 3. The minimum atomic E-state index is 0.282.